The number of ether oxygens (including phenoxy) is 2. The van der Waals surface area contributed by atoms with Crippen LogP contribution in [0.1, 0.15) is 25.3 Å². The van der Waals surface area contributed by atoms with E-state index < -0.39 is 0 Å². The Morgan fingerprint density at radius 2 is 2.23 bits per heavy atom. The first-order valence-electron chi connectivity index (χ1n) is 8.76. The molecule has 4 rings (SSSR count). The number of piperidine rings is 1. The highest BCUT2D eigenvalue weighted by atomic mass is 32.2. The zero-order chi connectivity index (χ0) is 18.0. The van der Waals surface area contributed by atoms with Gasteiger partial charge in [0.1, 0.15) is 5.03 Å². The Bertz CT molecular complexity index is 783. The molecule has 1 N–H and O–H groups in total. The molecule has 1 fully saturated rings. The van der Waals surface area contributed by atoms with Crippen LogP contribution in [-0.2, 0) is 11.2 Å². The third kappa shape index (κ3) is 3.80. The van der Waals surface area contributed by atoms with Gasteiger partial charge in [0, 0.05) is 25.3 Å². The van der Waals surface area contributed by atoms with Gasteiger partial charge in [0.05, 0.1) is 6.20 Å². The molecule has 1 amide bonds. The van der Waals surface area contributed by atoms with Crippen LogP contribution in [0, 0.1) is 5.41 Å². The smallest absolute Gasteiger partial charge is 0.231 e. The second-order valence-corrected chi connectivity index (χ2v) is 8.26. The van der Waals surface area contributed by atoms with Crippen molar-refractivity contribution in [2.45, 2.75) is 31.2 Å². The Morgan fingerprint density at radius 3 is 3.08 bits per heavy atom. The second kappa shape index (κ2) is 7.19. The first-order chi connectivity index (χ1) is 12.6. The first-order valence-corrected chi connectivity index (χ1v) is 9.75. The van der Waals surface area contributed by atoms with Crippen LogP contribution in [0.4, 0.5) is 0 Å². The highest BCUT2D eigenvalue weighted by Crippen LogP contribution is 2.38. The number of thioether (sulfide) groups is 1. The van der Waals surface area contributed by atoms with Crippen molar-refractivity contribution in [2.75, 3.05) is 25.6 Å². The van der Waals surface area contributed by atoms with E-state index in [1.165, 1.54) is 5.56 Å². The van der Waals surface area contributed by atoms with Crippen molar-refractivity contribution in [2.24, 2.45) is 5.41 Å². The number of amides is 1. The molecular weight excluding hydrogens is 352 g/mol. The average molecular weight is 374 g/mol. The number of carbonyl (C=O) groups is 1. The lowest BCUT2D eigenvalue weighted by atomic mass is 9.76. The lowest BCUT2D eigenvalue weighted by Crippen LogP contribution is -2.47. The lowest BCUT2D eigenvalue weighted by Gasteiger charge is -2.40. The molecule has 2 aliphatic rings. The number of H-pyrrole nitrogens is 1. The van der Waals surface area contributed by atoms with E-state index in [4.69, 9.17) is 9.47 Å². The van der Waals surface area contributed by atoms with Gasteiger partial charge < -0.3 is 14.4 Å². The summed E-state index contributed by atoms with van der Waals surface area (Å²) >= 11 is 1.61. The molecule has 7 nitrogen and oxygen atoms in total. The van der Waals surface area contributed by atoms with Crippen LogP contribution >= 0.6 is 11.8 Å². The Hall–Kier alpha value is -2.22. The van der Waals surface area contributed by atoms with Crippen molar-refractivity contribution in [3.8, 4) is 11.5 Å². The van der Waals surface area contributed by atoms with E-state index >= 15 is 0 Å². The largest absolute Gasteiger partial charge is 0.454 e. The molecule has 3 heterocycles. The number of hydrogen-bond acceptors (Lipinski definition) is 6. The maximum absolute atomic E-state index is 12.3. The molecule has 1 saturated heterocycles. The monoisotopic (exact) mass is 374 g/mol. The fourth-order valence-electron chi connectivity index (χ4n) is 3.61. The first kappa shape index (κ1) is 17.2. The average Bonchev–Trinajstić information content (AvgIpc) is 3.29. The molecule has 8 heteroatoms. The minimum atomic E-state index is 0.0696. The third-order valence-corrected chi connectivity index (χ3v) is 5.82. The number of nitrogens with zero attached hydrogens (tertiary/aromatic N) is 3. The van der Waals surface area contributed by atoms with Crippen LogP contribution in [0.3, 0.4) is 0 Å². The van der Waals surface area contributed by atoms with Crippen molar-refractivity contribution in [1.29, 1.82) is 0 Å². The van der Waals surface area contributed by atoms with E-state index in [0.717, 1.165) is 48.2 Å². The van der Waals surface area contributed by atoms with Gasteiger partial charge in [0.2, 0.25) is 12.7 Å². The van der Waals surface area contributed by atoms with E-state index in [1.807, 2.05) is 11.0 Å². The number of benzene rings is 1. The van der Waals surface area contributed by atoms with Gasteiger partial charge in [-0.3, -0.25) is 4.79 Å². The van der Waals surface area contributed by atoms with Crippen LogP contribution in [0.5, 0.6) is 11.5 Å². The number of likely N-dealkylation sites (tertiary alicyclic amines) is 1. The van der Waals surface area contributed by atoms with Crippen LogP contribution in [0.2, 0.25) is 0 Å². The Kier molecular flexibility index (Phi) is 4.76. The summed E-state index contributed by atoms with van der Waals surface area (Å²) in [5.41, 5.74) is 1.29. The predicted octanol–water partition coefficient (Wildman–Crippen LogP) is 2.50. The summed E-state index contributed by atoms with van der Waals surface area (Å²) in [6.45, 7) is 4.07. The topological polar surface area (TPSA) is 80.3 Å². The van der Waals surface area contributed by atoms with Gasteiger partial charge in [-0.25, -0.2) is 0 Å². The normalized spacial score (nSPS) is 22.0. The molecule has 2 aliphatic heterocycles. The minimum absolute atomic E-state index is 0.0696. The summed E-state index contributed by atoms with van der Waals surface area (Å²) in [5, 5.41) is 11.3. The van der Waals surface area contributed by atoms with Gasteiger partial charge in [-0.2, -0.15) is 10.3 Å². The van der Waals surface area contributed by atoms with Crippen LogP contribution < -0.4 is 9.47 Å². The standard InChI is InChI=1S/C18H22N4O3S/c1-18(9-13-2-3-14-15(8-13)25-12-24-14)5-4-17(23)22(11-18)6-7-26-16-10-19-21-20-16/h2-3,8,10H,4-7,9,11-12H2,1H3,(H,19,20,21). The molecule has 0 spiro atoms. The summed E-state index contributed by atoms with van der Waals surface area (Å²) < 4.78 is 10.9. The maximum Gasteiger partial charge on any atom is 0.231 e. The molecular formula is C18H22N4O3S. The number of fused-ring (bicyclic) bond motifs is 1. The number of carbonyl (C=O) groups excluding carboxylic acids is 1. The van der Waals surface area contributed by atoms with Gasteiger partial charge >= 0.3 is 0 Å². The minimum Gasteiger partial charge on any atom is -0.454 e. The molecule has 0 saturated carbocycles. The highest BCUT2D eigenvalue weighted by molar-refractivity contribution is 7.99. The van der Waals surface area contributed by atoms with Gasteiger partial charge in [0.15, 0.2) is 11.5 Å². The number of aromatic amines is 1. The molecule has 1 atom stereocenters. The summed E-state index contributed by atoms with van der Waals surface area (Å²) in [5.74, 6) is 2.69. The van der Waals surface area contributed by atoms with E-state index in [2.05, 4.69) is 34.5 Å². The molecule has 1 unspecified atom stereocenters. The van der Waals surface area contributed by atoms with Crippen LogP contribution in [-0.4, -0.2) is 51.9 Å². The zero-order valence-corrected chi connectivity index (χ0v) is 15.6. The molecule has 1 aromatic carbocycles. The van der Waals surface area contributed by atoms with Crippen molar-refractivity contribution < 1.29 is 14.3 Å². The molecule has 138 valence electrons. The zero-order valence-electron chi connectivity index (χ0n) is 14.7. The number of rotatable bonds is 6. The summed E-state index contributed by atoms with van der Waals surface area (Å²) in [6, 6.07) is 6.13. The fraction of sp³-hybridized carbons (Fsp3) is 0.500. The van der Waals surface area contributed by atoms with E-state index in [1.54, 1.807) is 18.0 Å². The van der Waals surface area contributed by atoms with E-state index in [-0.39, 0.29) is 11.3 Å². The summed E-state index contributed by atoms with van der Waals surface area (Å²) in [7, 11) is 0. The Morgan fingerprint density at radius 1 is 1.35 bits per heavy atom. The Balaban J connectivity index is 1.37. The van der Waals surface area contributed by atoms with E-state index in [0.29, 0.717) is 13.2 Å². The van der Waals surface area contributed by atoms with Crippen molar-refractivity contribution in [3.63, 3.8) is 0 Å². The number of nitrogens with one attached hydrogen (secondary N) is 1. The van der Waals surface area contributed by atoms with Gasteiger partial charge in [0.25, 0.3) is 0 Å². The van der Waals surface area contributed by atoms with Crippen molar-refractivity contribution in [1.82, 2.24) is 20.3 Å². The molecule has 0 bridgehead atoms. The molecule has 0 radical (unpaired) electrons. The fourth-order valence-corrected chi connectivity index (χ4v) is 4.36. The Labute approximate surface area is 156 Å². The van der Waals surface area contributed by atoms with Crippen molar-refractivity contribution >= 4 is 17.7 Å². The summed E-state index contributed by atoms with van der Waals surface area (Å²) in [6.07, 6.45) is 4.14. The molecule has 1 aromatic heterocycles. The maximum atomic E-state index is 12.3. The van der Waals surface area contributed by atoms with Gasteiger partial charge in [-0.15, -0.1) is 16.9 Å². The predicted molar refractivity (Wildman–Crippen MR) is 97.3 cm³/mol. The van der Waals surface area contributed by atoms with Crippen LogP contribution in [0.25, 0.3) is 0 Å². The highest BCUT2D eigenvalue weighted by Gasteiger charge is 2.35. The number of hydrogen-bond donors (Lipinski definition) is 1. The lowest BCUT2D eigenvalue weighted by molar-refractivity contribution is -0.136. The van der Waals surface area contributed by atoms with Crippen molar-refractivity contribution in [3.05, 3.63) is 30.0 Å². The number of aromatic nitrogens is 3. The second-order valence-electron chi connectivity index (χ2n) is 7.15. The molecule has 0 aliphatic carbocycles. The van der Waals surface area contributed by atoms with Gasteiger partial charge in [-0.05, 0) is 36.0 Å². The third-order valence-electron chi connectivity index (χ3n) is 4.94. The molecule has 2 aromatic rings. The van der Waals surface area contributed by atoms with Gasteiger partial charge in [-0.1, -0.05) is 13.0 Å². The SMILES string of the molecule is CC1(Cc2ccc3c(c2)OCO3)CCC(=O)N(CCSc2cn[nH]n2)C1. The van der Waals surface area contributed by atoms with E-state index in [9.17, 15) is 4.79 Å². The molecule has 26 heavy (non-hydrogen) atoms. The quantitative estimate of drug-likeness (QED) is 0.783. The summed E-state index contributed by atoms with van der Waals surface area (Å²) in [4.78, 5) is 14.3. The van der Waals surface area contributed by atoms with Crippen LogP contribution in [0.15, 0.2) is 29.4 Å².